The summed E-state index contributed by atoms with van der Waals surface area (Å²) in [6, 6.07) is 13.0. The van der Waals surface area contributed by atoms with Crippen LogP contribution in [0.5, 0.6) is 11.5 Å². The molecule has 1 N–H and O–H groups in total. The highest BCUT2D eigenvalue weighted by Gasteiger charge is 1.99. The van der Waals surface area contributed by atoms with Crippen LogP contribution in [0.25, 0.3) is 0 Å². The number of rotatable bonds is 3. The number of halogens is 1. The predicted octanol–water partition coefficient (Wildman–Crippen LogP) is 3.11. The van der Waals surface area contributed by atoms with Crippen molar-refractivity contribution in [3.8, 4) is 11.5 Å². The molecule has 2 aromatic rings. The lowest BCUT2D eigenvalue weighted by molar-refractivity contribution is 0.281. The molecule has 2 rings (SSSR count). The van der Waals surface area contributed by atoms with Crippen molar-refractivity contribution in [2.24, 2.45) is 0 Å². The van der Waals surface area contributed by atoms with E-state index in [1.54, 1.807) is 36.4 Å². The summed E-state index contributed by atoms with van der Waals surface area (Å²) in [6.45, 7) is -0.0413. The number of hydrogen-bond acceptors (Lipinski definition) is 2. The fourth-order valence-corrected chi connectivity index (χ4v) is 1.37. The first kappa shape index (κ1) is 10.6. The van der Waals surface area contributed by atoms with E-state index in [2.05, 4.69) is 0 Å². The highest BCUT2D eigenvalue weighted by atomic mass is 19.1. The van der Waals surface area contributed by atoms with Crippen LogP contribution in [0, 0.1) is 5.82 Å². The topological polar surface area (TPSA) is 29.5 Å². The zero-order valence-electron chi connectivity index (χ0n) is 8.56. The molecule has 0 aliphatic carbocycles. The van der Waals surface area contributed by atoms with Crippen molar-refractivity contribution in [2.45, 2.75) is 6.61 Å². The average molecular weight is 218 g/mol. The van der Waals surface area contributed by atoms with Crippen LogP contribution >= 0.6 is 0 Å². The molecule has 0 heterocycles. The van der Waals surface area contributed by atoms with Gasteiger partial charge in [-0.25, -0.2) is 4.39 Å². The van der Waals surface area contributed by atoms with E-state index in [1.165, 1.54) is 12.1 Å². The lowest BCUT2D eigenvalue weighted by atomic mass is 10.2. The average Bonchev–Trinajstić information content (AvgIpc) is 2.29. The van der Waals surface area contributed by atoms with E-state index in [9.17, 15) is 4.39 Å². The first-order chi connectivity index (χ1) is 7.78. The molecular formula is C13H11FO2. The van der Waals surface area contributed by atoms with E-state index in [0.29, 0.717) is 11.5 Å². The molecule has 0 amide bonds. The van der Waals surface area contributed by atoms with Crippen molar-refractivity contribution in [1.82, 2.24) is 0 Å². The number of aliphatic hydroxyl groups is 1. The third-order valence-corrected chi connectivity index (χ3v) is 2.11. The lowest BCUT2D eigenvalue weighted by Crippen LogP contribution is -1.87. The van der Waals surface area contributed by atoms with Gasteiger partial charge in [0.05, 0.1) is 6.61 Å². The van der Waals surface area contributed by atoms with Crippen molar-refractivity contribution in [2.75, 3.05) is 0 Å². The number of aliphatic hydroxyl groups excluding tert-OH is 1. The normalized spacial score (nSPS) is 10.1. The Balaban J connectivity index is 2.20. The summed E-state index contributed by atoms with van der Waals surface area (Å²) in [5, 5.41) is 8.96. The number of ether oxygens (including phenoxy) is 1. The van der Waals surface area contributed by atoms with Crippen LogP contribution in [0.1, 0.15) is 5.56 Å². The molecule has 0 aliphatic heterocycles. The molecule has 0 saturated carbocycles. The molecule has 0 unspecified atom stereocenters. The van der Waals surface area contributed by atoms with E-state index in [0.717, 1.165) is 5.56 Å². The van der Waals surface area contributed by atoms with E-state index < -0.39 is 0 Å². The van der Waals surface area contributed by atoms with Gasteiger partial charge in [-0.2, -0.15) is 0 Å². The van der Waals surface area contributed by atoms with Gasteiger partial charge in [-0.1, -0.05) is 18.2 Å². The molecule has 0 atom stereocenters. The van der Waals surface area contributed by atoms with Gasteiger partial charge >= 0.3 is 0 Å². The van der Waals surface area contributed by atoms with Gasteiger partial charge in [0.1, 0.15) is 17.3 Å². The van der Waals surface area contributed by atoms with Crippen LogP contribution in [-0.2, 0) is 6.61 Å². The quantitative estimate of drug-likeness (QED) is 0.857. The third kappa shape index (κ3) is 2.58. The maximum Gasteiger partial charge on any atom is 0.130 e. The molecule has 2 nitrogen and oxygen atoms in total. The number of hydrogen-bond donors (Lipinski definition) is 1. The Morgan fingerprint density at radius 1 is 1.00 bits per heavy atom. The van der Waals surface area contributed by atoms with Gasteiger partial charge in [-0.05, 0) is 29.8 Å². The Labute approximate surface area is 92.9 Å². The second-order valence-corrected chi connectivity index (χ2v) is 3.36. The van der Waals surface area contributed by atoms with Crippen molar-refractivity contribution in [3.05, 3.63) is 59.9 Å². The van der Waals surface area contributed by atoms with Gasteiger partial charge in [0.2, 0.25) is 0 Å². The summed E-state index contributed by atoms with van der Waals surface area (Å²) in [6.07, 6.45) is 0. The Bertz CT molecular complexity index is 483. The van der Waals surface area contributed by atoms with Crippen LogP contribution in [0.3, 0.4) is 0 Å². The summed E-state index contributed by atoms with van der Waals surface area (Å²) >= 11 is 0. The van der Waals surface area contributed by atoms with Gasteiger partial charge in [0.25, 0.3) is 0 Å². The summed E-state index contributed by atoms with van der Waals surface area (Å²) in [7, 11) is 0. The van der Waals surface area contributed by atoms with E-state index >= 15 is 0 Å². The molecule has 2 aromatic carbocycles. The van der Waals surface area contributed by atoms with Gasteiger partial charge < -0.3 is 9.84 Å². The first-order valence-electron chi connectivity index (χ1n) is 4.91. The molecule has 3 heteroatoms. The SMILES string of the molecule is OCc1cccc(Oc2cccc(F)c2)c1. The Morgan fingerprint density at radius 3 is 2.38 bits per heavy atom. The van der Waals surface area contributed by atoms with Crippen molar-refractivity contribution in [1.29, 1.82) is 0 Å². The largest absolute Gasteiger partial charge is 0.457 e. The van der Waals surface area contributed by atoms with Gasteiger partial charge in [-0.3, -0.25) is 0 Å². The summed E-state index contributed by atoms with van der Waals surface area (Å²) in [4.78, 5) is 0. The van der Waals surface area contributed by atoms with E-state index in [-0.39, 0.29) is 12.4 Å². The monoisotopic (exact) mass is 218 g/mol. The van der Waals surface area contributed by atoms with Crippen molar-refractivity contribution in [3.63, 3.8) is 0 Å². The van der Waals surface area contributed by atoms with Crippen LogP contribution in [-0.4, -0.2) is 5.11 Å². The molecule has 0 aliphatic rings. The molecule has 0 spiro atoms. The minimum Gasteiger partial charge on any atom is -0.457 e. The van der Waals surface area contributed by atoms with E-state index in [4.69, 9.17) is 9.84 Å². The van der Waals surface area contributed by atoms with Crippen LogP contribution in [0.2, 0.25) is 0 Å². The highest BCUT2D eigenvalue weighted by Crippen LogP contribution is 2.22. The summed E-state index contributed by atoms with van der Waals surface area (Å²) in [5.41, 5.74) is 0.758. The lowest BCUT2D eigenvalue weighted by Gasteiger charge is -2.06. The predicted molar refractivity (Wildman–Crippen MR) is 58.8 cm³/mol. The standard InChI is InChI=1S/C13H11FO2/c14-11-4-2-6-13(8-11)16-12-5-1-3-10(7-12)9-15/h1-8,15H,9H2. The van der Waals surface area contributed by atoms with Gasteiger partial charge in [0.15, 0.2) is 0 Å². The third-order valence-electron chi connectivity index (χ3n) is 2.11. The summed E-state index contributed by atoms with van der Waals surface area (Å²) < 4.78 is 18.3. The Hall–Kier alpha value is -1.87. The van der Waals surface area contributed by atoms with Crippen LogP contribution < -0.4 is 4.74 Å². The second kappa shape index (κ2) is 4.77. The second-order valence-electron chi connectivity index (χ2n) is 3.36. The zero-order valence-corrected chi connectivity index (χ0v) is 8.56. The fourth-order valence-electron chi connectivity index (χ4n) is 1.37. The molecule has 0 bridgehead atoms. The highest BCUT2D eigenvalue weighted by molar-refractivity contribution is 5.33. The molecule has 82 valence electrons. The Kier molecular flexibility index (Phi) is 3.17. The molecule has 0 aromatic heterocycles. The maximum absolute atomic E-state index is 12.9. The van der Waals surface area contributed by atoms with Crippen LogP contribution in [0.15, 0.2) is 48.5 Å². The molecule has 0 fully saturated rings. The fraction of sp³-hybridized carbons (Fsp3) is 0.0769. The van der Waals surface area contributed by atoms with Crippen molar-refractivity contribution < 1.29 is 14.2 Å². The van der Waals surface area contributed by atoms with Gasteiger partial charge in [-0.15, -0.1) is 0 Å². The first-order valence-corrected chi connectivity index (χ1v) is 4.91. The molecule has 16 heavy (non-hydrogen) atoms. The minimum absolute atomic E-state index is 0.0413. The molecule has 0 radical (unpaired) electrons. The Morgan fingerprint density at radius 2 is 1.69 bits per heavy atom. The van der Waals surface area contributed by atoms with Crippen LogP contribution in [0.4, 0.5) is 4.39 Å². The smallest absolute Gasteiger partial charge is 0.130 e. The van der Waals surface area contributed by atoms with E-state index in [1.807, 2.05) is 0 Å². The minimum atomic E-state index is -0.337. The molecule has 0 saturated heterocycles. The number of benzene rings is 2. The summed E-state index contributed by atoms with van der Waals surface area (Å²) in [5.74, 6) is 0.683. The maximum atomic E-state index is 12.9. The zero-order chi connectivity index (χ0) is 11.4. The molecular weight excluding hydrogens is 207 g/mol. The van der Waals surface area contributed by atoms with Crippen molar-refractivity contribution >= 4 is 0 Å². The van der Waals surface area contributed by atoms with Gasteiger partial charge in [0, 0.05) is 6.07 Å².